The van der Waals surface area contributed by atoms with Gasteiger partial charge in [0.2, 0.25) is 0 Å². The standard InChI is InChI=1S/C22H32N4O.HI/c1-5-24-21(26-16-22(4,27)19-11-7-6-8-12-19)25-15-20(17(2)3)18-10-9-13-23-14-18;/h6-14,17,20,27H,5,15-16H2,1-4H3,(H2,24,25,26);1H. The Morgan fingerprint density at radius 2 is 1.86 bits per heavy atom. The van der Waals surface area contributed by atoms with Gasteiger partial charge in [0.25, 0.3) is 0 Å². The number of guanidine groups is 1. The Kier molecular flexibility index (Phi) is 10.5. The smallest absolute Gasteiger partial charge is 0.191 e. The van der Waals surface area contributed by atoms with Gasteiger partial charge in [0.05, 0.1) is 6.54 Å². The zero-order valence-corrected chi connectivity index (χ0v) is 19.6. The molecule has 0 saturated heterocycles. The van der Waals surface area contributed by atoms with Crippen LogP contribution in [0.2, 0.25) is 0 Å². The van der Waals surface area contributed by atoms with E-state index in [-0.39, 0.29) is 30.5 Å². The molecule has 2 aromatic rings. The van der Waals surface area contributed by atoms with Crippen LogP contribution >= 0.6 is 24.0 Å². The highest BCUT2D eigenvalue weighted by Gasteiger charge is 2.23. The van der Waals surface area contributed by atoms with Crippen LogP contribution < -0.4 is 10.6 Å². The first-order valence-corrected chi connectivity index (χ1v) is 9.64. The first kappa shape index (κ1) is 24.4. The first-order valence-electron chi connectivity index (χ1n) is 9.64. The van der Waals surface area contributed by atoms with Crippen molar-refractivity contribution >= 4 is 29.9 Å². The maximum absolute atomic E-state index is 10.8. The average Bonchev–Trinajstić information content (AvgIpc) is 2.67. The molecule has 5 nitrogen and oxygen atoms in total. The van der Waals surface area contributed by atoms with Crippen LogP contribution in [0.5, 0.6) is 0 Å². The zero-order valence-electron chi connectivity index (χ0n) is 17.2. The van der Waals surface area contributed by atoms with E-state index in [2.05, 4.69) is 40.5 Å². The molecule has 0 aliphatic rings. The van der Waals surface area contributed by atoms with Gasteiger partial charge in [-0.15, -0.1) is 24.0 Å². The average molecular weight is 496 g/mol. The summed E-state index contributed by atoms with van der Waals surface area (Å²) in [6.45, 7) is 10.1. The molecule has 1 aromatic carbocycles. The van der Waals surface area contributed by atoms with Crippen LogP contribution in [0, 0.1) is 5.92 Å². The topological polar surface area (TPSA) is 69.5 Å². The van der Waals surface area contributed by atoms with Crippen molar-refractivity contribution in [3.05, 3.63) is 66.0 Å². The molecular formula is C22H33IN4O. The van der Waals surface area contributed by atoms with Crippen LogP contribution in [0.15, 0.2) is 59.9 Å². The predicted octanol–water partition coefficient (Wildman–Crippen LogP) is 3.90. The van der Waals surface area contributed by atoms with Crippen LogP contribution in [0.25, 0.3) is 0 Å². The Labute approximate surface area is 186 Å². The summed E-state index contributed by atoms with van der Waals surface area (Å²) in [5.41, 5.74) is 1.07. The van der Waals surface area contributed by atoms with Crippen LogP contribution in [-0.2, 0) is 5.60 Å². The molecule has 6 heteroatoms. The van der Waals surface area contributed by atoms with Crippen LogP contribution in [-0.4, -0.2) is 35.7 Å². The van der Waals surface area contributed by atoms with E-state index < -0.39 is 5.60 Å². The number of nitrogens with zero attached hydrogens (tertiary/aromatic N) is 2. The molecule has 154 valence electrons. The molecular weight excluding hydrogens is 463 g/mol. The minimum absolute atomic E-state index is 0. The molecule has 0 aliphatic heterocycles. The maximum atomic E-state index is 10.8. The van der Waals surface area contributed by atoms with Crippen LogP contribution in [0.4, 0.5) is 0 Å². The second-order valence-electron chi connectivity index (χ2n) is 7.35. The molecule has 3 N–H and O–H groups in total. The van der Waals surface area contributed by atoms with Crippen molar-refractivity contribution in [2.24, 2.45) is 10.9 Å². The highest BCUT2D eigenvalue weighted by molar-refractivity contribution is 14.0. The molecule has 0 aliphatic carbocycles. The number of rotatable bonds is 8. The van der Waals surface area contributed by atoms with Gasteiger partial charge in [0, 0.05) is 31.4 Å². The Bertz CT molecular complexity index is 705. The molecule has 0 spiro atoms. The zero-order chi connectivity index (χ0) is 19.7. The molecule has 2 rings (SSSR count). The molecule has 0 saturated carbocycles. The van der Waals surface area contributed by atoms with E-state index in [0.29, 0.717) is 17.8 Å². The predicted molar refractivity (Wildman–Crippen MR) is 127 cm³/mol. The number of aliphatic hydroxyl groups is 1. The molecule has 2 unspecified atom stereocenters. The van der Waals surface area contributed by atoms with Crippen molar-refractivity contribution in [2.45, 2.75) is 39.2 Å². The van der Waals surface area contributed by atoms with Crippen molar-refractivity contribution in [3.8, 4) is 0 Å². The summed E-state index contributed by atoms with van der Waals surface area (Å²) in [6.07, 6.45) is 3.72. The quantitative estimate of drug-likeness (QED) is 0.295. The van der Waals surface area contributed by atoms with Gasteiger partial charge in [0.15, 0.2) is 5.96 Å². The lowest BCUT2D eigenvalue weighted by molar-refractivity contribution is 0.0672. The summed E-state index contributed by atoms with van der Waals surface area (Å²) >= 11 is 0. The molecule has 28 heavy (non-hydrogen) atoms. The number of hydrogen-bond donors (Lipinski definition) is 3. The Balaban J connectivity index is 0.00000392. The highest BCUT2D eigenvalue weighted by atomic mass is 127. The van der Waals surface area contributed by atoms with E-state index in [0.717, 1.165) is 18.7 Å². The third-order valence-corrected chi connectivity index (χ3v) is 4.69. The number of aromatic nitrogens is 1. The monoisotopic (exact) mass is 496 g/mol. The van der Waals surface area contributed by atoms with E-state index in [1.54, 1.807) is 13.1 Å². The van der Waals surface area contributed by atoms with Gasteiger partial charge in [-0.1, -0.05) is 50.2 Å². The minimum atomic E-state index is -1.01. The summed E-state index contributed by atoms with van der Waals surface area (Å²) in [7, 11) is 0. The minimum Gasteiger partial charge on any atom is -0.384 e. The van der Waals surface area contributed by atoms with E-state index in [9.17, 15) is 5.11 Å². The van der Waals surface area contributed by atoms with Crippen molar-refractivity contribution in [1.82, 2.24) is 15.6 Å². The lowest BCUT2D eigenvalue weighted by Crippen LogP contribution is -2.41. The molecule has 0 fully saturated rings. The van der Waals surface area contributed by atoms with Gasteiger partial charge in [-0.25, -0.2) is 4.99 Å². The van der Waals surface area contributed by atoms with Gasteiger partial charge >= 0.3 is 0 Å². The lowest BCUT2D eigenvalue weighted by Gasteiger charge is -2.25. The fraction of sp³-hybridized carbons (Fsp3) is 0.455. The van der Waals surface area contributed by atoms with Crippen molar-refractivity contribution < 1.29 is 5.11 Å². The van der Waals surface area contributed by atoms with Gasteiger partial charge in [-0.05, 0) is 37.0 Å². The number of benzene rings is 1. The summed E-state index contributed by atoms with van der Waals surface area (Å²) in [4.78, 5) is 8.86. The Morgan fingerprint density at radius 3 is 2.43 bits per heavy atom. The second kappa shape index (κ2) is 12.0. The number of aliphatic imine (C=N–C) groups is 1. The number of pyridine rings is 1. The van der Waals surface area contributed by atoms with E-state index in [1.165, 1.54) is 5.56 Å². The van der Waals surface area contributed by atoms with E-state index in [4.69, 9.17) is 0 Å². The fourth-order valence-corrected chi connectivity index (χ4v) is 3.00. The SMILES string of the molecule is CCNC(=NCC(C)(O)c1ccccc1)NCC(c1cccnc1)C(C)C.I. The summed E-state index contributed by atoms with van der Waals surface area (Å²) in [6, 6.07) is 13.7. The molecule has 0 radical (unpaired) electrons. The van der Waals surface area contributed by atoms with Crippen molar-refractivity contribution in [2.75, 3.05) is 19.6 Å². The summed E-state index contributed by atoms with van der Waals surface area (Å²) < 4.78 is 0. The Morgan fingerprint density at radius 1 is 1.14 bits per heavy atom. The third kappa shape index (κ3) is 7.39. The lowest BCUT2D eigenvalue weighted by atomic mass is 9.89. The van der Waals surface area contributed by atoms with Gasteiger partial charge in [-0.2, -0.15) is 0 Å². The fourth-order valence-electron chi connectivity index (χ4n) is 3.00. The van der Waals surface area contributed by atoms with Gasteiger partial charge in [-0.3, -0.25) is 4.98 Å². The molecule has 0 bridgehead atoms. The summed E-state index contributed by atoms with van der Waals surface area (Å²) in [5, 5.41) is 17.5. The highest BCUT2D eigenvalue weighted by Crippen LogP contribution is 2.23. The normalized spacial score (nSPS) is 14.7. The maximum Gasteiger partial charge on any atom is 0.191 e. The largest absolute Gasteiger partial charge is 0.384 e. The molecule has 1 aromatic heterocycles. The second-order valence-corrected chi connectivity index (χ2v) is 7.35. The number of nitrogens with one attached hydrogen (secondary N) is 2. The van der Waals surface area contributed by atoms with Crippen LogP contribution in [0.1, 0.15) is 44.7 Å². The van der Waals surface area contributed by atoms with E-state index in [1.807, 2.05) is 49.5 Å². The van der Waals surface area contributed by atoms with Crippen molar-refractivity contribution in [1.29, 1.82) is 0 Å². The van der Waals surface area contributed by atoms with Crippen LogP contribution in [0.3, 0.4) is 0 Å². The molecule has 1 heterocycles. The van der Waals surface area contributed by atoms with E-state index >= 15 is 0 Å². The number of halogens is 1. The van der Waals surface area contributed by atoms with Gasteiger partial charge < -0.3 is 15.7 Å². The third-order valence-electron chi connectivity index (χ3n) is 4.69. The summed E-state index contributed by atoms with van der Waals surface area (Å²) in [5.74, 6) is 1.51. The number of hydrogen-bond acceptors (Lipinski definition) is 3. The van der Waals surface area contributed by atoms with Gasteiger partial charge in [0.1, 0.15) is 5.60 Å². The molecule has 0 amide bonds. The first-order chi connectivity index (χ1) is 12.9. The van der Waals surface area contributed by atoms with Crippen molar-refractivity contribution in [3.63, 3.8) is 0 Å². The Hall–Kier alpha value is -1.67. The molecule has 2 atom stereocenters.